The summed E-state index contributed by atoms with van der Waals surface area (Å²) < 4.78 is 0. The van der Waals surface area contributed by atoms with Crippen LogP contribution in [0.15, 0.2) is 0 Å². The Morgan fingerprint density at radius 2 is 0.900 bits per heavy atom. The second-order valence-electron chi connectivity index (χ2n) is 0.600. The Hall–Kier alpha value is 4.51. The van der Waals surface area contributed by atoms with Crippen molar-refractivity contribution in [1.29, 1.82) is 0 Å². The van der Waals surface area contributed by atoms with Crippen molar-refractivity contribution in [2.45, 2.75) is 0 Å². The third-order valence-electron chi connectivity index (χ3n) is 0. The molecule has 0 heterocycles. The first-order valence-corrected chi connectivity index (χ1v) is 2.68. The van der Waals surface area contributed by atoms with E-state index in [4.69, 9.17) is 19.2 Å². The summed E-state index contributed by atoms with van der Waals surface area (Å²) in [6, 6.07) is 0. The van der Waals surface area contributed by atoms with E-state index in [9.17, 15) is 0 Å². The molecule has 0 saturated carbocycles. The average Bonchev–Trinajstić information content (AvgIpc) is 0.722. The van der Waals surface area contributed by atoms with Crippen molar-refractivity contribution in [3.8, 4) is 0 Å². The van der Waals surface area contributed by atoms with Crippen molar-refractivity contribution in [1.82, 2.24) is 0 Å². The van der Waals surface area contributed by atoms with E-state index >= 15 is 0 Å². The first-order valence-electron chi connectivity index (χ1n) is 0.894. The molecule has 0 aliphatic carbocycles. The van der Waals surface area contributed by atoms with Gasteiger partial charge in [-0.05, 0) is 0 Å². The van der Waals surface area contributed by atoms with Crippen LogP contribution in [0.4, 0.5) is 0 Å². The second kappa shape index (κ2) is 19.1. The molecule has 0 aromatic heterocycles. The van der Waals surface area contributed by atoms with Gasteiger partial charge >= 0.3 is 113 Å². The van der Waals surface area contributed by atoms with Crippen LogP contribution in [-0.4, -0.2) is 150 Å². The zero-order valence-electron chi connectivity index (χ0n) is 2.64. The Labute approximate surface area is 163 Å². The van der Waals surface area contributed by atoms with E-state index in [1.54, 1.807) is 0 Å². The zero-order valence-corrected chi connectivity index (χ0v) is 4.75. The molecule has 0 rings (SSSR count). The molecule has 0 saturated heterocycles. The quantitative estimate of drug-likeness (QED) is 0.331. The molecule has 0 aromatic carbocycles. The fraction of sp³-hybridized carbons (Fsp3) is 0. The van der Waals surface area contributed by atoms with Crippen LogP contribution in [0.1, 0.15) is 0 Å². The van der Waals surface area contributed by atoms with Crippen LogP contribution in [0, 0.1) is 0 Å². The third kappa shape index (κ3) is 81.5. The zero-order chi connectivity index (χ0) is 4.50. The molecule has 54 valence electrons. The van der Waals surface area contributed by atoms with Gasteiger partial charge in [0.05, 0.1) is 0 Å². The topological polar surface area (TPSA) is 80.9 Å². The van der Waals surface area contributed by atoms with Gasteiger partial charge in [-0.3, -0.25) is 0 Å². The molecule has 0 bridgehead atoms. The minimum atomic E-state index is -4.61. The summed E-state index contributed by atoms with van der Waals surface area (Å²) in [4.78, 5) is 29.3. The van der Waals surface area contributed by atoms with Gasteiger partial charge in [0.2, 0.25) is 0 Å². The molecule has 0 atom stereocenters. The summed E-state index contributed by atoms with van der Waals surface area (Å²) in [6.07, 6.45) is 0. The third-order valence-corrected chi connectivity index (χ3v) is 0. The van der Waals surface area contributed by atoms with Gasteiger partial charge in [-0.2, -0.15) is 0 Å². The van der Waals surface area contributed by atoms with Gasteiger partial charge in [-0.15, -0.1) is 0 Å². The summed E-state index contributed by atoms with van der Waals surface area (Å²) in [7, 11) is -4.61. The Balaban J connectivity index is -0.00000000800. The van der Waals surface area contributed by atoms with Gasteiger partial charge in [0.25, 0.3) is 0 Å². The number of hydrogen-bond acceptors (Lipinski definition) is 4. The molecule has 0 aliphatic heterocycles. The molecule has 0 aromatic rings. The molecule has 4 N–H and O–H groups in total. The maximum absolute atomic E-state index is 7.33. The fourth-order valence-corrected chi connectivity index (χ4v) is 0. The SMILES string of the molecule is O[Si](O)(O)O.[AlH3].[Fe].[KH].[MgH2].[NaH]. The standard InChI is InChI=1S/Al.Fe.K.Mg.Na.H4O4Si.7H/c;;;;;1-5(2,3)4;;;;;;;/h;;;;;1-4H;;;;;;;. The van der Waals surface area contributed by atoms with Crippen molar-refractivity contribution < 1.29 is 36.3 Å². The molecule has 0 unspecified atom stereocenters. The van der Waals surface area contributed by atoms with Crippen LogP contribution in [-0.2, 0) is 17.1 Å². The van der Waals surface area contributed by atoms with E-state index in [1.165, 1.54) is 0 Å². The molecule has 0 spiro atoms. The van der Waals surface area contributed by atoms with Gasteiger partial charge in [0.1, 0.15) is 0 Å². The van der Waals surface area contributed by atoms with E-state index < -0.39 is 9.05 Å². The predicted octanol–water partition coefficient (Wildman–Crippen LogP) is -6.01. The second-order valence-corrected chi connectivity index (χ2v) is 1.80. The summed E-state index contributed by atoms with van der Waals surface area (Å²) >= 11 is 0. The minimum absolute atomic E-state index is 0. The molecule has 0 amide bonds. The first kappa shape index (κ1) is 36.6. The van der Waals surface area contributed by atoms with Gasteiger partial charge in [0, 0.05) is 17.1 Å². The summed E-state index contributed by atoms with van der Waals surface area (Å²) in [5.41, 5.74) is 0. The first-order chi connectivity index (χ1) is 2.00. The summed E-state index contributed by atoms with van der Waals surface area (Å²) in [5.74, 6) is 0. The molecule has 0 fully saturated rings. The molecule has 4 nitrogen and oxygen atoms in total. The Morgan fingerprint density at radius 3 is 0.900 bits per heavy atom. The van der Waals surface area contributed by atoms with E-state index in [1.807, 2.05) is 0 Å². The van der Waals surface area contributed by atoms with Crippen molar-refractivity contribution in [2.75, 3.05) is 0 Å². The van der Waals surface area contributed by atoms with Crippen molar-refractivity contribution >= 4 is 130 Å². The molecular weight excluding hydrogens is 261 g/mol. The van der Waals surface area contributed by atoms with Crippen LogP contribution in [0.5, 0.6) is 0 Å². The molecule has 10 heteroatoms. The van der Waals surface area contributed by atoms with E-state index in [0.717, 1.165) is 0 Å². The van der Waals surface area contributed by atoms with Crippen LogP contribution in [0.2, 0.25) is 0 Å². The van der Waals surface area contributed by atoms with E-state index in [-0.39, 0.29) is 138 Å². The van der Waals surface area contributed by atoms with Gasteiger partial charge in [0.15, 0.2) is 17.4 Å². The van der Waals surface area contributed by atoms with Gasteiger partial charge in [-0.1, -0.05) is 0 Å². The molecule has 0 radical (unpaired) electrons. The fourth-order valence-electron chi connectivity index (χ4n) is 0. The van der Waals surface area contributed by atoms with Crippen LogP contribution in [0.25, 0.3) is 0 Å². The predicted molar refractivity (Wildman–Crippen MR) is 47.4 cm³/mol. The van der Waals surface area contributed by atoms with Crippen LogP contribution in [0.3, 0.4) is 0 Å². The number of rotatable bonds is 0. The van der Waals surface area contributed by atoms with Crippen LogP contribution < -0.4 is 0 Å². The molecular formula is H11AlFeKMgNaO4Si. The Morgan fingerprint density at radius 1 is 0.900 bits per heavy atom. The summed E-state index contributed by atoms with van der Waals surface area (Å²) in [5, 5.41) is 0. The van der Waals surface area contributed by atoms with Gasteiger partial charge in [-0.25, -0.2) is 0 Å². The van der Waals surface area contributed by atoms with Crippen molar-refractivity contribution in [3.05, 3.63) is 0 Å². The van der Waals surface area contributed by atoms with Crippen LogP contribution >= 0.6 is 0 Å². The molecule has 10 heavy (non-hydrogen) atoms. The average molecular weight is 272 g/mol. The normalized spacial score (nSPS) is 6.00. The number of hydrogen-bond donors (Lipinski definition) is 4. The maximum atomic E-state index is 7.33. The van der Waals surface area contributed by atoms with E-state index in [0.29, 0.717) is 0 Å². The summed E-state index contributed by atoms with van der Waals surface area (Å²) in [6.45, 7) is 0. The Kier molecular flexibility index (Phi) is 70.0. The van der Waals surface area contributed by atoms with Crippen molar-refractivity contribution in [2.24, 2.45) is 0 Å². The Bertz CT molecular complexity index is 40.7. The monoisotopic (exact) mass is 272 g/mol. The van der Waals surface area contributed by atoms with Gasteiger partial charge < -0.3 is 19.2 Å². The van der Waals surface area contributed by atoms with Crippen molar-refractivity contribution in [3.63, 3.8) is 0 Å². The van der Waals surface area contributed by atoms with E-state index in [2.05, 4.69) is 0 Å². The molecule has 0 aliphatic rings.